The number of rotatable bonds is 9. The molecule has 126 valence electrons. The molecule has 0 aromatic carbocycles. The van der Waals surface area contributed by atoms with Crippen molar-refractivity contribution in [1.29, 1.82) is 0 Å². The van der Waals surface area contributed by atoms with Crippen LogP contribution in [0.5, 0.6) is 0 Å². The standard InChI is InChI=1S/C17H37N3O/c1-6-20-12-11-19(13-16(20)4)10-8-7-9-17(5,14-21)18-15(2)3/h15-16,18,21H,6-14H2,1-5H3. The fraction of sp³-hybridized carbons (Fsp3) is 1.00. The maximum atomic E-state index is 9.59. The van der Waals surface area contributed by atoms with Gasteiger partial charge in [0.2, 0.25) is 0 Å². The molecule has 0 bridgehead atoms. The van der Waals surface area contributed by atoms with Crippen LogP contribution in [0.3, 0.4) is 0 Å². The number of piperazine rings is 1. The normalized spacial score (nSPS) is 24.4. The summed E-state index contributed by atoms with van der Waals surface area (Å²) in [6, 6.07) is 1.11. The van der Waals surface area contributed by atoms with E-state index in [-0.39, 0.29) is 12.1 Å². The molecule has 1 rings (SSSR count). The van der Waals surface area contributed by atoms with E-state index in [1.54, 1.807) is 0 Å². The van der Waals surface area contributed by atoms with E-state index < -0.39 is 0 Å². The van der Waals surface area contributed by atoms with E-state index in [9.17, 15) is 5.11 Å². The Bertz CT molecular complexity index is 285. The van der Waals surface area contributed by atoms with Gasteiger partial charge in [-0.3, -0.25) is 4.90 Å². The Morgan fingerprint density at radius 2 is 2.00 bits per heavy atom. The van der Waals surface area contributed by atoms with E-state index in [0.717, 1.165) is 6.42 Å². The van der Waals surface area contributed by atoms with Crippen LogP contribution in [-0.4, -0.2) is 71.9 Å². The Balaban J connectivity index is 2.22. The second-order valence-electron chi connectivity index (χ2n) is 7.25. The van der Waals surface area contributed by atoms with E-state index in [1.165, 1.54) is 45.6 Å². The molecule has 1 aliphatic heterocycles. The topological polar surface area (TPSA) is 38.7 Å². The minimum absolute atomic E-state index is 0.123. The Morgan fingerprint density at radius 1 is 1.29 bits per heavy atom. The maximum absolute atomic E-state index is 9.59. The van der Waals surface area contributed by atoms with Gasteiger partial charge in [0.1, 0.15) is 0 Å². The zero-order valence-corrected chi connectivity index (χ0v) is 14.9. The molecule has 0 saturated carbocycles. The van der Waals surface area contributed by atoms with Gasteiger partial charge < -0.3 is 15.3 Å². The highest BCUT2D eigenvalue weighted by Crippen LogP contribution is 2.16. The molecule has 4 heteroatoms. The predicted molar refractivity (Wildman–Crippen MR) is 90.8 cm³/mol. The van der Waals surface area contributed by atoms with Crippen LogP contribution < -0.4 is 5.32 Å². The highest BCUT2D eigenvalue weighted by atomic mass is 16.3. The lowest BCUT2D eigenvalue weighted by atomic mass is 9.94. The number of unbranched alkanes of at least 4 members (excludes halogenated alkanes) is 1. The summed E-state index contributed by atoms with van der Waals surface area (Å²) in [7, 11) is 0. The van der Waals surface area contributed by atoms with E-state index in [2.05, 4.69) is 49.7 Å². The number of aliphatic hydroxyl groups excluding tert-OH is 1. The van der Waals surface area contributed by atoms with Crippen LogP contribution in [0.2, 0.25) is 0 Å². The summed E-state index contributed by atoms with van der Waals surface area (Å²) in [5.74, 6) is 0. The molecule has 1 aliphatic rings. The Kier molecular flexibility index (Phi) is 8.17. The van der Waals surface area contributed by atoms with Gasteiger partial charge in [0.25, 0.3) is 0 Å². The second kappa shape index (κ2) is 9.09. The van der Waals surface area contributed by atoms with Crippen LogP contribution in [-0.2, 0) is 0 Å². The van der Waals surface area contributed by atoms with Gasteiger partial charge in [-0.1, -0.05) is 27.2 Å². The van der Waals surface area contributed by atoms with E-state index in [4.69, 9.17) is 0 Å². The van der Waals surface area contributed by atoms with Crippen LogP contribution in [0.1, 0.15) is 53.9 Å². The molecule has 2 unspecified atom stereocenters. The average Bonchev–Trinajstić information content (AvgIpc) is 2.43. The lowest BCUT2D eigenvalue weighted by Crippen LogP contribution is -2.51. The van der Waals surface area contributed by atoms with Crippen molar-refractivity contribution in [2.75, 3.05) is 39.3 Å². The van der Waals surface area contributed by atoms with Gasteiger partial charge in [0.15, 0.2) is 0 Å². The summed E-state index contributed by atoms with van der Waals surface area (Å²) >= 11 is 0. The molecule has 2 N–H and O–H groups in total. The van der Waals surface area contributed by atoms with Gasteiger partial charge in [-0.2, -0.15) is 0 Å². The third-order valence-electron chi connectivity index (χ3n) is 4.69. The van der Waals surface area contributed by atoms with Gasteiger partial charge in [-0.15, -0.1) is 0 Å². The van der Waals surface area contributed by atoms with Crippen molar-refractivity contribution in [3.8, 4) is 0 Å². The summed E-state index contributed by atoms with van der Waals surface area (Å²) < 4.78 is 0. The highest BCUT2D eigenvalue weighted by molar-refractivity contribution is 4.84. The number of aliphatic hydroxyl groups is 1. The first-order valence-corrected chi connectivity index (χ1v) is 8.75. The molecular formula is C17H37N3O. The van der Waals surface area contributed by atoms with Crippen LogP contribution in [0.25, 0.3) is 0 Å². The Labute approximate surface area is 131 Å². The summed E-state index contributed by atoms with van der Waals surface area (Å²) in [4.78, 5) is 5.16. The summed E-state index contributed by atoms with van der Waals surface area (Å²) in [5.41, 5.74) is -0.123. The fourth-order valence-corrected chi connectivity index (χ4v) is 3.49. The van der Waals surface area contributed by atoms with Crippen LogP contribution in [0.4, 0.5) is 0 Å². The molecule has 0 aromatic heterocycles. The van der Waals surface area contributed by atoms with Crippen molar-refractivity contribution < 1.29 is 5.11 Å². The van der Waals surface area contributed by atoms with Gasteiger partial charge in [-0.25, -0.2) is 0 Å². The smallest absolute Gasteiger partial charge is 0.0610 e. The first kappa shape index (κ1) is 18.9. The molecule has 1 fully saturated rings. The molecule has 0 aromatic rings. The first-order valence-electron chi connectivity index (χ1n) is 8.75. The quantitative estimate of drug-likeness (QED) is 0.638. The zero-order valence-electron chi connectivity index (χ0n) is 14.9. The molecular weight excluding hydrogens is 262 g/mol. The Morgan fingerprint density at radius 3 is 2.52 bits per heavy atom. The number of nitrogens with one attached hydrogen (secondary N) is 1. The summed E-state index contributed by atoms with van der Waals surface area (Å²) in [5, 5.41) is 13.1. The van der Waals surface area contributed by atoms with Crippen molar-refractivity contribution in [3.63, 3.8) is 0 Å². The second-order valence-corrected chi connectivity index (χ2v) is 7.25. The molecule has 1 heterocycles. The first-order chi connectivity index (χ1) is 9.90. The van der Waals surface area contributed by atoms with Gasteiger partial charge in [-0.05, 0) is 39.8 Å². The minimum Gasteiger partial charge on any atom is -0.394 e. The SMILES string of the molecule is CCN1CCN(CCCCC(C)(CO)NC(C)C)CC1C. The van der Waals surface area contributed by atoms with Crippen LogP contribution in [0, 0.1) is 0 Å². The van der Waals surface area contributed by atoms with Crippen molar-refractivity contribution >= 4 is 0 Å². The van der Waals surface area contributed by atoms with Gasteiger partial charge in [0, 0.05) is 37.3 Å². The van der Waals surface area contributed by atoms with E-state index >= 15 is 0 Å². The number of likely N-dealkylation sites (N-methyl/N-ethyl adjacent to an activating group) is 1. The maximum Gasteiger partial charge on any atom is 0.0610 e. The molecule has 0 spiro atoms. The van der Waals surface area contributed by atoms with E-state index in [1.807, 2.05) is 0 Å². The third kappa shape index (κ3) is 6.64. The number of hydrogen-bond donors (Lipinski definition) is 2. The summed E-state index contributed by atoms with van der Waals surface area (Å²) in [6.07, 6.45) is 3.46. The van der Waals surface area contributed by atoms with Crippen molar-refractivity contribution in [2.24, 2.45) is 0 Å². The monoisotopic (exact) mass is 299 g/mol. The van der Waals surface area contributed by atoms with Gasteiger partial charge >= 0.3 is 0 Å². The fourth-order valence-electron chi connectivity index (χ4n) is 3.49. The Hall–Kier alpha value is -0.160. The molecule has 4 nitrogen and oxygen atoms in total. The molecule has 1 saturated heterocycles. The zero-order chi connectivity index (χ0) is 15.9. The van der Waals surface area contributed by atoms with Crippen molar-refractivity contribution in [2.45, 2.75) is 71.5 Å². The van der Waals surface area contributed by atoms with Gasteiger partial charge in [0.05, 0.1) is 6.61 Å². The van der Waals surface area contributed by atoms with Crippen molar-refractivity contribution in [1.82, 2.24) is 15.1 Å². The molecule has 2 atom stereocenters. The predicted octanol–water partition coefficient (Wildman–Crippen LogP) is 1.93. The molecule has 0 aliphatic carbocycles. The number of hydrogen-bond acceptors (Lipinski definition) is 4. The number of nitrogens with zero attached hydrogens (tertiary/aromatic N) is 2. The van der Waals surface area contributed by atoms with Crippen molar-refractivity contribution in [3.05, 3.63) is 0 Å². The lowest BCUT2D eigenvalue weighted by molar-refractivity contribution is 0.0855. The molecule has 0 amide bonds. The lowest BCUT2D eigenvalue weighted by Gasteiger charge is -2.39. The largest absolute Gasteiger partial charge is 0.394 e. The third-order valence-corrected chi connectivity index (χ3v) is 4.69. The minimum atomic E-state index is -0.123. The van der Waals surface area contributed by atoms with Crippen LogP contribution in [0.15, 0.2) is 0 Å². The van der Waals surface area contributed by atoms with Crippen LogP contribution >= 0.6 is 0 Å². The average molecular weight is 300 g/mol. The van der Waals surface area contributed by atoms with E-state index in [0.29, 0.717) is 12.1 Å². The highest BCUT2D eigenvalue weighted by Gasteiger charge is 2.24. The summed E-state index contributed by atoms with van der Waals surface area (Å²) in [6.45, 7) is 17.2. The molecule has 0 radical (unpaired) electrons. The molecule has 21 heavy (non-hydrogen) atoms.